The molecular weight excluding hydrogens is 315 g/mol. The van der Waals surface area contributed by atoms with Gasteiger partial charge in [-0.25, -0.2) is 14.2 Å². The van der Waals surface area contributed by atoms with Gasteiger partial charge in [-0.1, -0.05) is 13.8 Å². The summed E-state index contributed by atoms with van der Waals surface area (Å²) in [6.45, 7) is 4.56. The zero-order valence-electron chi connectivity index (χ0n) is 13.4. The van der Waals surface area contributed by atoms with Gasteiger partial charge in [0, 0.05) is 18.9 Å². The molecule has 0 aliphatic heterocycles. The molecule has 0 unspecified atom stereocenters. The van der Waals surface area contributed by atoms with Gasteiger partial charge in [-0.15, -0.1) is 0 Å². The van der Waals surface area contributed by atoms with Gasteiger partial charge in [0.25, 0.3) is 0 Å². The second-order valence-corrected chi connectivity index (χ2v) is 5.24. The summed E-state index contributed by atoms with van der Waals surface area (Å²) in [6.07, 6.45) is 4.02. The van der Waals surface area contributed by atoms with Crippen molar-refractivity contribution in [2.45, 2.75) is 13.8 Å². The number of amides is 1. The Hall–Kier alpha value is -3.03. The minimum atomic E-state index is -1.19. The van der Waals surface area contributed by atoms with Crippen LogP contribution in [-0.4, -0.2) is 33.5 Å². The number of nitrogens with one attached hydrogen (secondary N) is 1. The van der Waals surface area contributed by atoms with E-state index in [0.717, 1.165) is 12.3 Å². The van der Waals surface area contributed by atoms with Gasteiger partial charge in [0.1, 0.15) is 17.2 Å². The van der Waals surface area contributed by atoms with Gasteiger partial charge in [0.15, 0.2) is 0 Å². The number of hydrogen-bond acceptors (Lipinski definition) is 5. The largest absolute Gasteiger partial charge is 0.478 e. The number of carbonyl (C=O) groups is 2. The molecule has 7 nitrogen and oxygen atoms in total. The molecule has 1 amide bonds. The Bertz CT molecular complexity index is 693. The van der Waals surface area contributed by atoms with Crippen LogP contribution in [0.5, 0.6) is 0 Å². The van der Waals surface area contributed by atoms with Crippen molar-refractivity contribution in [3.05, 3.63) is 53.7 Å². The van der Waals surface area contributed by atoms with E-state index >= 15 is 0 Å². The fourth-order valence-corrected chi connectivity index (χ4v) is 1.55. The first-order valence-electron chi connectivity index (χ1n) is 7.13. The molecule has 0 radical (unpaired) electrons. The van der Waals surface area contributed by atoms with E-state index in [9.17, 15) is 14.0 Å². The van der Waals surface area contributed by atoms with Crippen molar-refractivity contribution in [2.75, 3.05) is 11.9 Å². The molecule has 4 N–H and O–H groups in total. The van der Waals surface area contributed by atoms with E-state index in [0.29, 0.717) is 18.0 Å². The van der Waals surface area contributed by atoms with Gasteiger partial charge >= 0.3 is 5.97 Å². The molecule has 0 aromatic carbocycles. The Morgan fingerprint density at radius 2 is 2.08 bits per heavy atom. The van der Waals surface area contributed by atoms with Gasteiger partial charge in [0.05, 0.1) is 11.8 Å². The Morgan fingerprint density at radius 1 is 1.38 bits per heavy atom. The maximum Gasteiger partial charge on any atom is 0.339 e. The average Bonchev–Trinajstić information content (AvgIpc) is 2.54. The highest BCUT2D eigenvalue weighted by molar-refractivity contribution is 5.93. The number of nitrogens with zero attached hydrogens (tertiary/aromatic N) is 2. The number of anilines is 1. The molecule has 0 bridgehead atoms. The number of carbonyl (C=O) groups excluding carboxylic acids is 1. The van der Waals surface area contributed by atoms with Crippen molar-refractivity contribution in [2.24, 2.45) is 11.7 Å². The number of rotatable bonds is 5. The molecule has 0 fully saturated rings. The molecule has 2 aromatic heterocycles. The molecule has 2 heterocycles. The zero-order valence-corrected chi connectivity index (χ0v) is 13.4. The van der Waals surface area contributed by atoms with Crippen molar-refractivity contribution < 1.29 is 19.1 Å². The minimum absolute atomic E-state index is 0.143. The van der Waals surface area contributed by atoms with E-state index in [1.54, 1.807) is 18.3 Å². The van der Waals surface area contributed by atoms with Crippen LogP contribution in [0.25, 0.3) is 0 Å². The van der Waals surface area contributed by atoms with Gasteiger partial charge in [0.2, 0.25) is 5.91 Å². The maximum atomic E-state index is 12.8. The van der Waals surface area contributed by atoms with Crippen LogP contribution in [0.15, 0.2) is 36.8 Å². The number of hydrogen-bond donors (Lipinski definition) is 3. The molecule has 0 aliphatic rings. The molecule has 0 aliphatic carbocycles. The van der Waals surface area contributed by atoms with Crippen molar-refractivity contribution in [3.63, 3.8) is 0 Å². The normalized spacial score (nSPS) is 9.83. The summed E-state index contributed by atoms with van der Waals surface area (Å²) in [4.78, 5) is 28.6. The standard InChI is InChI=1S/C10H13FN2O2.C6H6N2O/c1-6(2)4-12-9-8(10(14)15)3-7(11)5-13-9;7-6(9)5-2-1-3-8-4-5/h3,5-6H,4H2,1-2H3,(H,12,13)(H,14,15);1-4H,(H2,7,9). The van der Waals surface area contributed by atoms with Crippen LogP contribution in [0.1, 0.15) is 34.6 Å². The van der Waals surface area contributed by atoms with Crippen molar-refractivity contribution in [1.82, 2.24) is 9.97 Å². The van der Waals surface area contributed by atoms with Gasteiger partial charge in [-0.2, -0.15) is 0 Å². The molecule has 0 atom stereocenters. The number of aromatic carboxylic acids is 1. The maximum absolute atomic E-state index is 12.8. The summed E-state index contributed by atoms with van der Waals surface area (Å²) >= 11 is 0. The smallest absolute Gasteiger partial charge is 0.339 e. The molecule has 0 saturated carbocycles. The van der Waals surface area contributed by atoms with E-state index in [4.69, 9.17) is 10.8 Å². The fraction of sp³-hybridized carbons (Fsp3) is 0.250. The number of aromatic nitrogens is 2. The number of nitrogens with two attached hydrogens (primary N) is 1. The van der Waals surface area contributed by atoms with Crippen LogP contribution in [0, 0.1) is 11.7 Å². The van der Waals surface area contributed by atoms with E-state index in [2.05, 4.69) is 15.3 Å². The predicted octanol–water partition coefficient (Wildman–Crippen LogP) is 2.17. The van der Waals surface area contributed by atoms with Crippen LogP contribution in [0.4, 0.5) is 10.2 Å². The monoisotopic (exact) mass is 334 g/mol. The first kappa shape index (κ1) is 19.0. The lowest BCUT2D eigenvalue weighted by atomic mass is 10.2. The van der Waals surface area contributed by atoms with Gasteiger partial charge in [-0.05, 0) is 24.1 Å². The predicted molar refractivity (Wildman–Crippen MR) is 87.2 cm³/mol. The quantitative estimate of drug-likeness (QED) is 0.771. The Kier molecular flexibility index (Phi) is 7.28. The minimum Gasteiger partial charge on any atom is -0.478 e. The van der Waals surface area contributed by atoms with E-state index in [1.807, 2.05) is 13.8 Å². The third kappa shape index (κ3) is 6.39. The topological polar surface area (TPSA) is 118 Å². The lowest BCUT2D eigenvalue weighted by Gasteiger charge is -2.10. The number of carboxylic acids is 1. The molecule has 128 valence electrons. The summed E-state index contributed by atoms with van der Waals surface area (Å²) in [7, 11) is 0. The number of halogens is 1. The van der Waals surface area contributed by atoms with Crippen LogP contribution in [-0.2, 0) is 0 Å². The summed E-state index contributed by atoms with van der Waals surface area (Å²) in [5, 5.41) is 11.7. The van der Waals surface area contributed by atoms with E-state index in [1.165, 1.54) is 6.20 Å². The molecular formula is C16H19FN4O3. The molecule has 24 heavy (non-hydrogen) atoms. The highest BCUT2D eigenvalue weighted by Gasteiger charge is 2.12. The van der Waals surface area contributed by atoms with E-state index < -0.39 is 17.7 Å². The summed E-state index contributed by atoms with van der Waals surface area (Å²) in [6, 6.07) is 4.24. The molecule has 0 saturated heterocycles. The lowest BCUT2D eigenvalue weighted by molar-refractivity contribution is 0.0696. The van der Waals surface area contributed by atoms with Crippen LogP contribution in [0.2, 0.25) is 0 Å². The summed E-state index contributed by atoms with van der Waals surface area (Å²) in [5.41, 5.74) is 5.23. The van der Waals surface area contributed by atoms with E-state index in [-0.39, 0.29) is 11.4 Å². The molecule has 8 heteroatoms. The Labute approximate surface area is 138 Å². The van der Waals surface area contributed by atoms with Crippen LogP contribution >= 0.6 is 0 Å². The lowest BCUT2D eigenvalue weighted by Crippen LogP contribution is -2.13. The second kappa shape index (κ2) is 9.19. The Balaban J connectivity index is 0.000000272. The summed E-state index contributed by atoms with van der Waals surface area (Å²) in [5.74, 6) is -1.71. The van der Waals surface area contributed by atoms with Gasteiger partial charge < -0.3 is 16.2 Å². The molecule has 2 rings (SSSR count). The third-order valence-electron chi connectivity index (χ3n) is 2.71. The van der Waals surface area contributed by atoms with Gasteiger partial charge in [-0.3, -0.25) is 9.78 Å². The van der Waals surface area contributed by atoms with Crippen molar-refractivity contribution in [3.8, 4) is 0 Å². The number of carboxylic acid groups (broad SMARTS) is 1. The number of pyridine rings is 2. The highest BCUT2D eigenvalue weighted by atomic mass is 19.1. The average molecular weight is 334 g/mol. The van der Waals surface area contributed by atoms with Crippen molar-refractivity contribution >= 4 is 17.7 Å². The third-order valence-corrected chi connectivity index (χ3v) is 2.71. The first-order valence-corrected chi connectivity index (χ1v) is 7.13. The Morgan fingerprint density at radius 3 is 2.54 bits per heavy atom. The molecule has 0 spiro atoms. The van der Waals surface area contributed by atoms with Crippen LogP contribution in [0.3, 0.4) is 0 Å². The number of primary amides is 1. The second-order valence-electron chi connectivity index (χ2n) is 5.24. The zero-order chi connectivity index (χ0) is 18.1. The fourth-order valence-electron chi connectivity index (χ4n) is 1.55. The highest BCUT2D eigenvalue weighted by Crippen LogP contribution is 2.13. The van der Waals surface area contributed by atoms with Crippen molar-refractivity contribution in [1.29, 1.82) is 0 Å². The first-order chi connectivity index (χ1) is 11.3. The molecule has 2 aromatic rings. The van der Waals surface area contributed by atoms with Crippen LogP contribution < -0.4 is 11.1 Å². The SMILES string of the molecule is CC(C)CNc1ncc(F)cc1C(=O)O.NC(=O)c1cccnc1. The summed E-state index contributed by atoms with van der Waals surface area (Å²) < 4.78 is 12.8.